The molecule has 0 bridgehead atoms. The number of nitrogens with one attached hydrogen (secondary N) is 1. The topological polar surface area (TPSA) is 58.6 Å². The summed E-state index contributed by atoms with van der Waals surface area (Å²) in [4.78, 5) is 26.3. The van der Waals surface area contributed by atoms with Gasteiger partial charge in [-0.3, -0.25) is 9.69 Å². The predicted molar refractivity (Wildman–Crippen MR) is 100 cm³/mol. The molecule has 5 nitrogen and oxygen atoms in total. The summed E-state index contributed by atoms with van der Waals surface area (Å²) < 4.78 is 4.66. The van der Waals surface area contributed by atoms with E-state index in [0.717, 1.165) is 38.5 Å². The van der Waals surface area contributed by atoms with Gasteiger partial charge in [0.15, 0.2) is 0 Å². The number of carbonyl (C=O) groups is 2. The van der Waals surface area contributed by atoms with Crippen molar-refractivity contribution in [2.45, 2.75) is 25.3 Å². The molecule has 0 spiro atoms. The molecule has 2 heterocycles. The van der Waals surface area contributed by atoms with E-state index in [-0.39, 0.29) is 11.9 Å². The third-order valence-corrected chi connectivity index (χ3v) is 6.34. The molecule has 2 aliphatic rings. The van der Waals surface area contributed by atoms with Gasteiger partial charge in [-0.25, -0.2) is 4.79 Å². The van der Waals surface area contributed by atoms with Gasteiger partial charge in [0, 0.05) is 23.9 Å². The Morgan fingerprint density at radius 2 is 1.84 bits per heavy atom. The van der Waals surface area contributed by atoms with Crippen molar-refractivity contribution >= 4 is 23.6 Å². The van der Waals surface area contributed by atoms with Gasteiger partial charge in [-0.05, 0) is 68.3 Å². The molecular formula is C19H26N2O3S. The second-order valence-electron chi connectivity index (χ2n) is 6.78. The number of methoxy groups -OCH3 is 1. The third kappa shape index (κ3) is 4.76. The van der Waals surface area contributed by atoms with Crippen molar-refractivity contribution in [3.8, 4) is 0 Å². The first-order valence-electron chi connectivity index (χ1n) is 8.95. The van der Waals surface area contributed by atoms with Gasteiger partial charge in [-0.1, -0.05) is 0 Å². The largest absolute Gasteiger partial charge is 0.465 e. The Morgan fingerprint density at radius 1 is 1.16 bits per heavy atom. The number of thioether (sulfide) groups is 1. The summed E-state index contributed by atoms with van der Waals surface area (Å²) in [6, 6.07) is 7.36. The number of carbonyl (C=O) groups excluding carboxylic acids is 2. The number of hydrogen-bond donors (Lipinski definition) is 1. The van der Waals surface area contributed by atoms with Crippen LogP contribution in [0.5, 0.6) is 0 Å². The first-order chi connectivity index (χ1) is 12.2. The zero-order chi connectivity index (χ0) is 17.6. The number of piperidine rings is 1. The van der Waals surface area contributed by atoms with E-state index in [1.54, 1.807) is 24.3 Å². The monoisotopic (exact) mass is 362 g/mol. The average molecular weight is 362 g/mol. The lowest BCUT2D eigenvalue weighted by molar-refractivity contribution is 0.0600. The minimum Gasteiger partial charge on any atom is -0.465 e. The summed E-state index contributed by atoms with van der Waals surface area (Å²) in [5, 5.41) is 3.04. The average Bonchev–Trinajstić information content (AvgIpc) is 3.21. The lowest BCUT2D eigenvalue weighted by atomic mass is 9.95. The van der Waals surface area contributed by atoms with Crippen molar-refractivity contribution < 1.29 is 14.3 Å². The molecule has 0 saturated carbocycles. The van der Waals surface area contributed by atoms with Crippen molar-refractivity contribution in [1.82, 2.24) is 10.2 Å². The molecule has 6 heteroatoms. The van der Waals surface area contributed by atoms with Gasteiger partial charge in [0.2, 0.25) is 0 Å². The minimum atomic E-state index is -0.389. The van der Waals surface area contributed by atoms with Crippen LogP contribution in [-0.2, 0) is 4.74 Å². The van der Waals surface area contributed by atoms with Crippen LogP contribution in [0.25, 0.3) is 0 Å². The normalized spacial score (nSPS) is 21.9. The fraction of sp³-hybridized carbons (Fsp3) is 0.579. The van der Waals surface area contributed by atoms with Crippen molar-refractivity contribution in [2.24, 2.45) is 5.92 Å². The van der Waals surface area contributed by atoms with Crippen molar-refractivity contribution in [1.29, 1.82) is 0 Å². The molecule has 0 aromatic heterocycles. The minimum absolute atomic E-state index is 0.0777. The number of ether oxygens (including phenoxy) is 1. The summed E-state index contributed by atoms with van der Waals surface area (Å²) in [7, 11) is 1.35. The van der Waals surface area contributed by atoms with Gasteiger partial charge in [0.05, 0.1) is 12.7 Å². The van der Waals surface area contributed by atoms with Gasteiger partial charge in [-0.2, -0.15) is 11.8 Å². The highest BCUT2D eigenvalue weighted by atomic mass is 32.2. The van der Waals surface area contributed by atoms with E-state index in [2.05, 4.69) is 26.7 Å². The van der Waals surface area contributed by atoms with Crippen LogP contribution >= 0.6 is 11.8 Å². The summed E-state index contributed by atoms with van der Waals surface area (Å²) in [5.41, 5.74) is 1.03. The van der Waals surface area contributed by atoms with Gasteiger partial charge < -0.3 is 10.1 Å². The molecule has 1 aromatic rings. The number of benzene rings is 1. The maximum Gasteiger partial charge on any atom is 0.337 e. The molecule has 2 saturated heterocycles. The number of nitrogens with zero attached hydrogens (tertiary/aromatic N) is 1. The first-order valence-corrected chi connectivity index (χ1v) is 10.1. The SMILES string of the molecule is COC(=O)c1ccc(C(=O)NCC2CCN([C@@H]3CCSC3)CC2)cc1. The summed E-state index contributed by atoms with van der Waals surface area (Å²) in [6.07, 6.45) is 3.64. The molecular weight excluding hydrogens is 336 g/mol. The van der Waals surface area contributed by atoms with E-state index in [0.29, 0.717) is 17.0 Å². The van der Waals surface area contributed by atoms with Crippen LogP contribution in [0.4, 0.5) is 0 Å². The van der Waals surface area contributed by atoms with Crippen LogP contribution in [0.3, 0.4) is 0 Å². The van der Waals surface area contributed by atoms with E-state index >= 15 is 0 Å². The maximum atomic E-state index is 12.3. The van der Waals surface area contributed by atoms with Crippen LogP contribution in [0.1, 0.15) is 40.0 Å². The van der Waals surface area contributed by atoms with Gasteiger partial charge in [0.1, 0.15) is 0 Å². The lowest BCUT2D eigenvalue weighted by Crippen LogP contribution is -2.43. The molecule has 1 aromatic carbocycles. The quantitative estimate of drug-likeness (QED) is 0.815. The van der Waals surface area contributed by atoms with Crippen molar-refractivity contribution in [3.63, 3.8) is 0 Å². The fourth-order valence-corrected chi connectivity index (χ4v) is 4.80. The van der Waals surface area contributed by atoms with Gasteiger partial charge >= 0.3 is 5.97 Å². The highest BCUT2D eigenvalue weighted by molar-refractivity contribution is 7.99. The molecule has 1 atom stereocenters. The zero-order valence-electron chi connectivity index (χ0n) is 14.7. The number of hydrogen-bond acceptors (Lipinski definition) is 5. The standard InChI is InChI=1S/C19H26N2O3S/c1-24-19(23)16-4-2-15(3-5-16)18(22)20-12-14-6-9-21(10-7-14)17-8-11-25-13-17/h2-5,14,17H,6-13H2,1H3,(H,20,22)/t17-/m1/s1. The molecule has 3 rings (SSSR count). The molecule has 1 amide bonds. The van der Waals surface area contributed by atoms with Crippen molar-refractivity contribution in [2.75, 3.05) is 38.2 Å². The summed E-state index contributed by atoms with van der Waals surface area (Å²) in [5.74, 6) is 2.67. The molecule has 25 heavy (non-hydrogen) atoms. The highest BCUT2D eigenvalue weighted by Crippen LogP contribution is 2.26. The van der Waals surface area contributed by atoms with Crippen molar-refractivity contribution in [3.05, 3.63) is 35.4 Å². The fourth-order valence-electron chi connectivity index (χ4n) is 3.55. The number of esters is 1. The van der Waals surface area contributed by atoms with Crippen LogP contribution in [0, 0.1) is 5.92 Å². The van der Waals surface area contributed by atoms with E-state index in [9.17, 15) is 9.59 Å². The van der Waals surface area contributed by atoms with E-state index in [1.165, 1.54) is 25.0 Å². The third-order valence-electron chi connectivity index (χ3n) is 5.19. The molecule has 136 valence electrons. The smallest absolute Gasteiger partial charge is 0.337 e. The highest BCUT2D eigenvalue weighted by Gasteiger charge is 2.27. The second-order valence-corrected chi connectivity index (χ2v) is 7.93. The van der Waals surface area contributed by atoms with E-state index in [1.807, 2.05) is 0 Å². The van der Waals surface area contributed by atoms with Crippen LogP contribution in [0.15, 0.2) is 24.3 Å². The molecule has 0 aliphatic carbocycles. The Kier molecular flexibility index (Phi) is 6.37. The van der Waals surface area contributed by atoms with E-state index < -0.39 is 0 Å². The van der Waals surface area contributed by atoms with Crippen LogP contribution < -0.4 is 5.32 Å². The Hall–Kier alpha value is -1.53. The Balaban J connectivity index is 1.42. The lowest BCUT2D eigenvalue weighted by Gasteiger charge is -2.35. The first kappa shape index (κ1) is 18.3. The molecule has 0 radical (unpaired) electrons. The summed E-state index contributed by atoms with van der Waals surface area (Å²) in [6.45, 7) is 3.03. The number of likely N-dealkylation sites (tertiary alicyclic amines) is 1. The van der Waals surface area contributed by atoms with Crippen LogP contribution in [-0.4, -0.2) is 61.1 Å². The zero-order valence-corrected chi connectivity index (χ0v) is 15.5. The number of amides is 1. The molecule has 0 unspecified atom stereocenters. The Labute approximate surface area is 153 Å². The Morgan fingerprint density at radius 3 is 2.44 bits per heavy atom. The van der Waals surface area contributed by atoms with E-state index in [4.69, 9.17) is 0 Å². The predicted octanol–water partition coefficient (Wildman–Crippen LogP) is 2.42. The maximum absolute atomic E-state index is 12.3. The molecule has 1 N–H and O–H groups in total. The van der Waals surface area contributed by atoms with Gasteiger partial charge in [-0.15, -0.1) is 0 Å². The summed E-state index contributed by atoms with van der Waals surface area (Å²) >= 11 is 2.06. The van der Waals surface area contributed by atoms with Gasteiger partial charge in [0.25, 0.3) is 5.91 Å². The van der Waals surface area contributed by atoms with Crippen LogP contribution in [0.2, 0.25) is 0 Å². The number of rotatable bonds is 5. The second kappa shape index (κ2) is 8.72. The Bertz CT molecular complexity index is 591. The molecule has 2 aliphatic heterocycles. The molecule has 2 fully saturated rings.